The highest BCUT2D eigenvalue weighted by atomic mass is 19.1. The van der Waals surface area contributed by atoms with Gasteiger partial charge in [0.15, 0.2) is 0 Å². The standard InChI is InChI=1S/C26H24FNO5/c1-31-21-6-5-19(12-25(29)30)24(13-21)33-15-16-9-20-7-8-32-26(20)22(10-16)17-3-2-4-18(11-17)23(28)14-27/h2-11,13,23H,12,14-15,28H2,1H3,(H,29,30)/t23-/m0/s1. The predicted molar refractivity (Wildman–Crippen MR) is 123 cm³/mol. The van der Waals surface area contributed by atoms with Gasteiger partial charge in [-0.1, -0.05) is 24.3 Å². The van der Waals surface area contributed by atoms with Crippen LogP contribution < -0.4 is 15.2 Å². The van der Waals surface area contributed by atoms with Crippen LogP contribution in [0.5, 0.6) is 11.5 Å². The van der Waals surface area contributed by atoms with E-state index >= 15 is 0 Å². The van der Waals surface area contributed by atoms with Gasteiger partial charge in [-0.3, -0.25) is 4.79 Å². The molecule has 33 heavy (non-hydrogen) atoms. The van der Waals surface area contributed by atoms with Crippen molar-refractivity contribution in [1.82, 2.24) is 0 Å². The number of furan rings is 1. The van der Waals surface area contributed by atoms with Crippen LogP contribution in [0.15, 0.2) is 71.3 Å². The highest BCUT2D eigenvalue weighted by Gasteiger charge is 2.14. The zero-order valence-corrected chi connectivity index (χ0v) is 18.1. The van der Waals surface area contributed by atoms with Gasteiger partial charge in [-0.05, 0) is 47.0 Å². The van der Waals surface area contributed by atoms with Crippen molar-refractivity contribution in [3.8, 4) is 22.6 Å². The number of nitrogens with two attached hydrogens (primary N) is 1. The Morgan fingerprint density at radius 1 is 1.15 bits per heavy atom. The average molecular weight is 449 g/mol. The van der Waals surface area contributed by atoms with E-state index in [-0.39, 0.29) is 13.0 Å². The number of carbonyl (C=O) groups is 1. The summed E-state index contributed by atoms with van der Waals surface area (Å²) in [6, 6.07) is 17.6. The zero-order chi connectivity index (χ0) is 23.4. The van der Waals surface area contributed by atoms with E-state index in [2.05, 4.69) is 0 Å². The normalized spacial score (nSPS) is 12.0. The molecule has 170 valence electrons. The summed E-state index contributed by atoms with van der Waals surface area (Å²) in [6.45, 7) is -0.440. The van der Waals surface area contributed by atoms with Gasteiger partial charge in [0.05, 0.1) is 25.8 Å². The van der Waals surface area contributed by atoms with Crippen molar-refractivity contribution in [2.75, 3.05) is 13.8 Å². The zero-order valence-electron chi connectivity index (χ0n) is 18.1. The largest absolute Gasteiger partial charge is 0.497 e. The fraction of sp³-hybridized carbons (Fsp3) is 0.192. The first kappa shape index (κ1) is 22.4. The summed E-state index contributed by atoms with van der Waals surface area (Å²) in [5.74, 6) is 0.0751. The summed E-state index contributed by atoms with van der Waals surface area (Å²) in [6.07, 6.45) is 1.45. The van der Waals surface area contributed by atoms with E-state index in [1.807, 2.05) is 36.4 Å². The number of carboxylic acids is 1. The van der Waals surface area contributed by atoms with Gasteiger partial charge >= 0.3 is 5.97 Å². The maximum absolute atomic E-state index is 13.1. The van der Waals surface area contributed by atoms with E-state index in [0.717, 1.165) is 22.1 Å². The lowest BCUT2D eigenvalue weighted by Gasteiger charge is -2.14. The molecule has 1 heterocycles. The molecule has 0 radical (unpaired) electrons. The third-order valence-corrected chi connectivity index (χ3v) is 5.41. The molecule has 0 unspecified atom stereocenters. The number of benzene rings is 3. The Hall–Kier alpha value is -3.84. The fourth-order valence-electron chi connectivity index (χ4n) is 3.73. The Morgan fingerprint density at radius 2 is 2.00 bits per heavy atom. The van der Waals surface area contributed by atoms with Crippen LogP contribution in [0.4, 0.5) is 4.39 Å². The maximum atomic E-state index is 13.1. The topological polar surface area (TPSA) is 94.9 Å². The molecule has 0 saturated heterocycles. The van der Waals surface area contributed by atoms with Crippen LogP contribution in [0.3, 0.4) is 0 Å². The van der Waals surface area contributed by atoms with Crippen molar-refractivity contribution in [1.29, 1.82) is 0 Å². The van der Waals surface area contributed by atoms with E-state index in [1.165, 1.54) is 7.11 Å². The summed E-state index contributed by atoms with van der Waals surface area (Å²) in [4.78, 5) is 11.2. The Kier molecular flexibility index (Phi) is 6.60. The van der Waals surface area contributed by atoms with Gasteiger partial charge in [-0.25, -0.2) is 4.39 Å². The summed E-state index contributed by atoms with van der Waals surface area (Å²) >= 11 is 0. The molecule has 0 aliphatic heterocycles. The van der Waals surface area contributed by atoms with E-state index in [0.29, 0.717) is 28.2 Å². The van der Waals surface area contributed by atoms with Crippen LogP contribution in [-0.2, 0) is 17.8 Å². The average Bonchev–Trinajstić information content (AvgIpc) is 3.30. The van der Waals surface area contributed by atoms with E-state index in [4.69, 9.17) is 19.6 Å². The molecular weight excluding hydrogens is 425 g/mol. The van der Waals surface area contributed by atoms with Crippen LogP contribution in [0.25, 0.3) is 22.1 Å². The molecule has 3 aromatic carbocycles. The van der Waals surface area contributed by atoms with Crippen molar-refractivity contribution in [3.05, 3.63) is 83.6 Å². The molecule has 0 aliphatic carbocycles. The van der Waals surface area contributed by atoms with Gasteiger partial charge < -0.3 is 24.7 Å². The highest BCUT2D eigenvalue weighted by molar-refractivity contribution is 5.93. The smallest absolute Gasteiger partial charge is 0.307 e. The molecule has 4 aromatic rings. The minimum atomic E-state index is -0.946. The van der Waals surface area contributed by atoms with Gasteiger partial charge in [0.25, 0.3) is 0 Å². The van der Waals surface area contributed by atoms with Gasteiger partial charge in [0.1, 0.15) is 30.4 Å². The van der Waals surface area contributed by atoms with Gasteiger partial charge in [-0.2, -0.15) is 0 Å². The van der Waals surface area contributed by atoms with Crippen molar-refractivity contribution in [3.63, 3.8) is 0 Å². The molecule has 0 amide bonds. The first-order valence-corrected chi connectivity index (χ1v) is 10.4. The van der Waals surface area contributed by atoms with Crippen LogP contribution in [0.2, 0.25) is 0 Å². The second-order valence-corrected chi connectivity index (χ2v) is 7.70. The molecule has 1 aromatic heterocycles. The SMILES string of the molecule is COc1ccc(CC(=O)O)c(OCc2cc(-c3cccc([C@@H](N)CF)c3)c3occc3c2)c1. The van der Waals surface area contributed by atoms with Crippen LogP contribution >= 0.6 is 0 Å². The Bertz CT molecular complexity index is 1280. The number of carboxylic acid groups (broad SMARTS) is 1. The van der Waals surface area contributed by atoms with Crippen molar-refractivity contribution < 1.29 is 28.2 Å². The minimum Gasteiger partial charge on any atom is -0.497 e. The van der Waals surface area contributed by atoms with E-state index in [9.17, 15) is 14.3 Å². The second-order valence-electron chi connectivity index (χ2n) is 7.70. The molecule has 3 N–H and O–H groups in total. The second kappa shape index (κ2) is 9.75. The lowest BCUT2D eigenvalue weighted by atomic mass is 9.97. The van der Waals surface area contributed by atoms with Gasteiger partial charge in [-0.15, -0.1) is 0 Å². The maximum Gasteiger partial charge on any atom is 0.307 e. The molecule has 0 bridgehead atoms. The van der Waals surface area contributed by atoms with Crippen molar-refractivity contribution >= 4 is 16.9 Å². The summed E-state index contributed by atoms with van der Waals surface area (Å²) < 4.78 is 30.1. The highest BCUT2D eigenvalue weighted by Crippen LogP contribution is 2.33. The summed E-state index contributed by atoms with van der Waals surface area (Å²) in [5, 5.41) is 10.1. The first-order chi connectivity index (χ1) is 16.0. The number of ether oxygens (including phenoxy) is 2. The molecular formula is C26H24FNO5. The van der Waals surface area contributed by atoms with Crippen LogP contribution in [0.1, 0.15) is 22.7 Å². The van der Waals surface area contributed by atoms with Gasteiger partial charge in [0, 0.05) is 22.6 Å². The number of hydrogen-bond acceptors (Lipinski definition) is 5. The van der Waals surface area contributed by atoms with Gasteiger partial charge in [0.2, 0.25) is 0 Å². The first-order valence-electron chi connectivity index (χ1n) is 10.4. The third kappa shape index (κ3) is 4.99. The molecule has 0 aliphatic rings. The number of methoxy groups -OCH3 is 1. The van der Waals surface area contributed by atoms with E-state index in [1.54, 1.807) is 30.5 Å². The number of aliphatic carboxylic acids is 1. The molecule has 7 heteroatoms. The molecule has 6 nitrogen and oxygen atoms in total. The predicted octanol–water partition coefficient (Wildman–Crippen LogP) is 5.28. The molecule has 1 atom stereocenters. The molecule has 0 spiro atoms. The Balaban J connectivity index is 1.68. The molecule has 4 rings (SSSR count). The number of fused-ring (bicyclic) bond motifs is 1. The summed E-state index contributed by atoms with van der Waals surface area (Å²) in [5.41, 5.74) is 10.4. The fourth-order valence-corrected chi connectivity index (χ4v) is 3.73. The Morgan fingerprint density at radius 3 is 2.76 bits per heavy atom. The van der Waals surface area contributed by atoms with Crippen LogP contribution in [0, 0.1) is 0 Å². The monoisotopic (exact) mass is 449 g/mol. The van der Waals surface area contributed by atoms with Crippen molar-refractivity contribution in [2.24, 2.45) is 5.73 Å². The number of halogens is 1. The Labute approximate surface area is 190 Å². The lowest BCUT2D eigenvalue weighted by molar-refractivity contribution is -0.136. The van der Waals surface area contributed by atoms with Crippen molar-refractivity contribution in [2.45, 2.75) is 19.1 Å². The number of hydrogen-bond donors (Lipinski definition) is 2. The molecule has 0 fully saturated rings. The minimum absolute atomic E-state index is 0.160. The number of alkyl halides is 1. The molecule has 0 saturated carbocycles. The summed E-state index contributed by atoms with van der Waals surface area (Å²) in [7, 11) is 1.54. The van der Waals surface area contributed by atoms with E-state index < -0.39 is 18.7 Å². The quantitative estimate of drug-likeness (QED) is 0.361. The van der Waals surface area contributed by atoms with Crippen LogP contribution in [-0.4, -0.2) is 24.9 Å². The lowest BCUT2D eigenvalue weighted by Crippen LogP contribution is -2.11. The number of rotatable bonds is 9. The third-order valence-electron chi connectivity index (χ3n) is 5.41.